The average molecular weight is 310 g/mol. The molecular weight excluding hydrogens is 297 g/mol. The van der Waals surface area contributed by atoms with Gasteiger partial charge in [-0.1, -0.05) is 12.1 Å². The van der Waals surface area contributed by atoms with E-state index in [-0.39, 0.29) is 11.9 Å². The molecule has 18 heavy (non-hydrogen) atoms. The van der Waals surface area contributed by atoms with Crippen LogP contribution in [0.4, 0.5) is 10.2 Å². The summed E-state index contributed by atoms with van der Waals surface area (Å²) in [5, 5.41) is 3.26. The predicted molar refractivity (Wildman–Crippen MR) is 72.9 cm³/mol. The van der Waals surface area contributed by atoms with Crippen molar-refractivity contribution < 1.29 is 4.39 Å². The lowest BCUT2D eigenvalue weighted by molar-refractivity contribution is 0.626. The standard InChI is InChI=1S/C13H13BrFN3/c1-8(10-3-5-11(15)6-4-10)16-13-7-12(14)17-9(2)18-13/h3-8H,1-2H3,(H,16,17,18). The zero-order valence-corrected chi connectivity index (χ0v) is 11.7. The number of rotatable bonds is 3. The Morgan fingerprint density at radius 1 is 1.22 bits per heavy atom. The number of aryl methyl sites for hydroxylation is 1. The van der Waals surface area contributed by atoms with Crippen LogP contribution < -0.4 is 5.32 Å². The summed E-state index contributed by atoms with van der Waals surface area (Å²) in [4.78, 5) is 8.43. The largest absolute Gasteiger partial charge is 0.363 e. The molecule has 1 aromatic carbocycles. The fourth-order valence-corrected chi connectivity index (χ4v) is 2.14. The quantitative estimate of drug-likeness (QED) is 0.875. The molecule has 0 radical (unpaired) electrons. The maximum atomic E-state index is 12.8. The molecule has 2 aromatic rings. The van der Waals surface area contributed by atoms with Crippen LogP contribution in [-0.2, 0) is 0 Å². The van der Waals surface area contributed by atoms with E-state index in [0.717, 1.165) is 16.0 Å². The number of nitrogens with one attached hydrogen (secondary N) is 1. The highest BCUT2D eigenvalue weighted by Gasteiger charge is 2.07. The fraction of sp³-hybridized carbons (Fsp3) is 0.231. The number of benzene rings is 1. The Labute approximate surface area is 114 Å². The summed E-state index contributed by atoms with van der Waals surface area (Å²) in [7, 11) is 0. The molecule has 0 aliphatic heterocycles. The van der Waals surface area contributed by atoms with Crippen molar-refractivity contribution in [2.45, 2.75) is 19.9 Å². The summed E-state index contributed by atoms with van der Waals surface area (Å²) in [6, 6.07) is 8.29. The van der Waals surface area contributed by atoms with E-state index in [1.807, 2.05) is 19.9 Å². The molecule has 0 fully saturated rings. The van der Waals surface area contributed by atoms with Gasteiger partial charge < -0.3 is 5.32 Å². The van der Waals surface area contributed by atoms with Gasteiger partial charge in [-0.3, -0.25) is 0 Å². The third-order valence-corrected chi connectivity index (χ3v) is 2.95. The van der Waals surface area contributed by atoms with Crippen LogP contribution in [0.3, 0.4) is 0 Å². The zero-order chi connectivity index (χ0) is 13.1. The Kier molecular flexibility index (Phi) is 3.91. The van der Waals surface area contributed by atoms with Gasteiger partial charge in [-0.2, -0.15) is 0 Å². The van der Waals surface area contributed by atoms with Crippen molar-refractivity contribution in [2.75, 3.05) is 5.32 Å². The number of hydrogen-bond acceptors (Lipinski definition) is 3. The van der Waals surface area contributed by atoms with Gasteiger partial charge in [0.1, 0.15) is 22.1 Å². The molecule has 0 aliphatic carbocycles. The van der Waals surface area contributed by atoms with Crippen molar-refractivity contribution in [1.82, 2.24) is 9.97 Å². The molecule has 1 unspecified atom stereocenters. The van der Waals surface area contributed by atoms with E-state index < -0.39 is 0 Å². The molecule has 0 saturated carbocycles. The van der Waals surface area contributed by atoms with Crippen LogP contribution in [0.1, 0.15) is 24.4 Å². The lowest BCUT2D eigenvalue weighted by Crippen LogP contribution is -2.08. The lowest BCUT2D eigenvalue weighted by Gasteiger charge is -2.15. The van der Waals surface area contributed by atoms with Gasteiger partial charge in [-0.05, 0) is 47.5 Å². The second-order valence-electron chi connectivity index (χ2n) is 4.04. The average Bonchev–Trinajstić information content (AvgIpc) is 2.28. The molecule has 3 nitrogen and oxygen atoms in total. The molecule has 0 bridgehead atoms. The van der Waals surface area contributed by atoms with E-state index in [1.54, 1.807) is 12.1 Å². The van der Waals surface area contributed by atoms with Gasteiger partial charge in [0.25, 0.3) is 0 Å². The molecule has 5 heteroatoms. The Morgan fingerprint density at radius 3 is 2.50 bits per heavy atom. The molecule has 2 rings (SSSR count). The van der Waals surface area contributed by atoms with Gasteiger partial charge in [-0.25, -0.2) is 14.4 Å². The van der Waals surface area contributed by atoms with E-state index in [0.29, 0.717) is 5.82 Å². The van der Waals surface area contributed by atoms with Crippen LogP contribution >= 0.6 is 15.9 Å². The molecule has 94 valence electrons. The first-order chi connectivity index (χ1) is 8.54. The van der Waals surface area contributed by atoms with E-state index in [4.69, 9.17) is 0 Å². The van der Waals surface area contributed by atoms with Crippen molar-refractivity contribution in [3.8, 4) is 0 Å². The third-order valence-electron chi connectivity index (χ3n) is 2.54. The van der Waals surface area contributed by atoms with Crippen molar-refractivity contribution >= 4 is 21.7 Å². The summed E-state index contributed by atoms with van der Waals surface area (Å²) < 4.78 is 13.6. The highest BCUT2D eigenvalue weighted by Crippen LogP contribution is 2.20. The highest BCUT2D eigenvalue weighted by molar-refractivity contribution is 9.10. The fourth-order valence-electron chi connectivity index (χ4n) is 1.66. The first-order valence-electron chi connectivity index (χ1n) is 5.58. The Morgan fingerprint density at radius 2 is 1.89 bits per heavy atom. The van der Waals surface area contributed by atoms with Crippen LogP contribution in [0.25, 0.3) is 0 Å². The zero-order valence-electron chi connectivity index (χ0n) is 10.1. The maximum absolute atomic E-state index is 12.8. The molecule has 1 heterocycles. The number of anilines is 1. The highest BCUT2D eigenvalue weighted by atomic mass is 79.9. The van der Waals surface area contributed by atoms with Gasteiger partial charge in [0.05, 0.1) is 0 Å². The van der Waals surface area contributed by atoms with Gasteiger partial charge in [0.15, 0.2) is 0 Å². The van der Waals surface area contributed by atoms with Crippen molar-refractivity contribution in [2.24, 2.45) is 0 Å². The summed E-state index contributed by atoms with van der Waals surface area (Å²) in [5.74, 6) is 1.20. The minimum Gasteiger partial charge on any atom is -0.363 e. The predicted octanol–water partition coefficient (Wildman–Crippen LogP) is 3.86. The van der Waals surface area contributed by atoms with E-state index >= 15 is 0 Å². The Bertz CT molecular complexity index is 522. The molecule has 1 N–H and O–H groups in total. The van der Waals surface area contributed by atoms with Gasteiger partial charge >= 0.3 is 0 Å². The molecule has 0 aliphatic rings. The minimum atomic E-state index is -0.230. The summed E-state index contributed by atoms with van der Waals surface area (Å²) in [6.45, 7) is 3.83. The molecule has 1 atom stereocenters. The Balaban J connectivity index is 2.15. The number of hydrogen-bond donors (Lipinski definition) is 1. The number of aromatic nitrogens is 2. The summed E-state index contributed by atoms with van der Waals surface area (Å²) >= 11 is 3.33. The molecule has 0 saturated heterocycles. The first-order valence-corrected chi connectivity index (χ1v) is 6.37. The molecule has 1 aromatic heterocycles. The lowest BCUT2D eigenvalue weighted by atomic mass is 10.1. The number of nitrogens with zero attached hydrogens (tertiary/aromatic N) is 2. The monoisotopic (exact) mass is 309 g/mol. The normalized spacial score (nSPS) is 12.2. The smallest absolute Gasteiger partial charge is 0.131 e. The minimum absolute atomic E-state index is 0.0480. The van der Waals surface area contributed by atoms with Gasteiger partial charge in [-0.15, -0.1) is 0 Å². The Hall–Kier alpha value is -1.49. The summed E-state index contributed by atoms with van der Waals surface area (Å²) in [6.07, 6.45) is 0. The van der Waals surface area contributed by atoms with E-state index in [2.05, 4.69) is 31.2 Å². The van der Waals surface area contributed by atoms with E-state index in [1.165, 1.54) is 12.1 Å². The van der Waals surface area contributed by atoms with Crippen LogP contribution in [0.15, 0.2) is 34.9 Å². The van der Waals surface area contributed by atoms with Crippen molar-refractivity contribution in [1.29, 1.82) is 0 Å². The van der Waals surface area contributed by atoms with Gasteiger partial charge in [0.2, 0.25) is 0 Å². The van der Waals surface area contributed by atoms with Crippen LogP contribution in [0.2, 0.25) is 0 Å². The van der Waals surface area contributed by atoms with Crippen LogP contribution in [-0.4, -0.2) is 9.97 Å². The topological polar surface area (TPSA) is 37.8 Å². The molecule has 0 spiro atoms. The first kappa shape index (κ1) is 13.0. The van der Waals surface area contributed by atoms with Crippen LogP contribution in [0, 0.1) is 12.7 Å². The molecular formula is C13H13BrFN3. The SMILES string of the molecule is Cc1nc(Br)cc(NC(C)c2ccc(F)cc2)n1. The maximum Gasteiger partial charge on any atom is 0.131 e. The van der Waals surface area contributed by atoms with Gasteiger partial charge in [0, 0.05) is 12.1 Å². The third kappa shape index (κ3) is 3.26. The van der Waals surface area contributed by atoms with Crippen LogP contribution in [0.5, 0.6) is 0 Å². The number of halogens is 2. The second kappa shape index (κ2) is 5.44. The van der Waals surface area contributed by atoms with E-state index in [9.17, 15) is 4.39 Å². The molecule has 0 amide bonds. The second-order valence-corrected chi connectivity index (χ2v) is 4.85. The van der Waals surface area contributed by atoms with Crippen molar-refractivity contribution in [3.63, 3.8) is 0 Å². The van der Waals surface area contributed by atoms with Crippen molar-refractivity contribution in [3.05, 3.63) is 52.1 Å². The summed E-state index contributed by atoms with van der Waals surface area (Å²) in [5.41, 5.74) is 1.00.